The molecule has 0 saturated heterocycles. The van der Waals surface area contributed by atoms with Crippen molar-refractivity contribution in [3.05, 3.63) is 59.7 Å². The smallest absolute Gasteiger partial charge is 0.123 e. The maximum absolute atomic E-state index is 5.43. The van der Waals surface area contributed by atoms with Crippen LogP contribution in [0.5, 0.6) is 11.5 Å². The molecule has 2 aromatic rings. The number of methoxy groups -OCH3 is 2. The maximum Gasteiger partial charge on any atom is 0.123 e. The summed E-state index contributed by atoms with van der Waals surface area (Å²) in [5.74, 6) is 1.81. The van der Waals surface area contributed by atoms with Crippen LogP contribution in [0.2, 0.25) is 0 Å². The highest BCUT2D eigenvalue weighted by Crippen LogP contribution is 2.29. The summed E-state index contributed by atoms with van der Waals surface area (Å²) in [6, 6.07) is 16.5. The van der Waals surface area contributed by atoms with E-state index in [1.54, 1.807) is 14.2 Å². The molecule has 1 N–H and O–H groups in total. The highest BCUT2D eigenvalue weighted by molar-refractivity contribution is 5.38. The molecule has 3 heteroatoms. The molecule has 0 fully saturated rings. The summed E-state index contributed by atoms with van der Waals surface area (Å²) in [5, 5.41) is 3.60. The number of nitrogens with one attached hydrogen (secondary N) is 1. The zero-order chi connectivity index (χ0) is 15.2. The SMILES string of the molecule is COc1ccccc1C(C)N[C@@H](C)c1ccccc1OC. The molecule has 1 unspecified atom stereocenters. The van der Waals surface area contributed by atoms with E-state index in [1.807, 2.05) is 36.4 Å². The Labute approximate surface area is 126 Å². The Bertz CT molecular complexity index is 531. The van der Waals surface area contributed by atoms with E-state index in [4.69, 9.17) is 9.47 Å². The van der Waals surface area contributed by atoms with Crippen molar-refractivity contribution in [3.8, 4) is 11.5 Å². The Morgan fingerprint density at radius 2 is 1.10 bits per heavy atom. The Hall–Kier alpha value is -2.00. The van der Waals surface area contributed by atoms with Crippen LogP contribution in [0.15, 0.2) is 48.5 Å². The third-order valence-corrected chi connectivity index (χ3v) is 3.71. The van der Waals surface area contributed by atoms with Gasteiger partial charge in [-0.15, -0.1) is 0 Å². The molecule has 0 amide bonds. The molecule has 3 nitrogen and oxygen atoms in total. The fraction of sp³-hybridized carbons (Fsp3) is 0.333. The quantitative estimate of drug-likeness (QED) is 0.866. The fourth-order valence-corrected chi connectivity index (χ4v) is 2.60. The number of rotatable bonds is 6. The number of hydrogen-bond acceptors (Lipinski definition) is 3. The number of ether oxygens (including phenoxy) is 2. The Balaban J connectivity index is 2.17. The molecule has 112 valence electrons. The second kappa shape index (κ2) is 7.14. The lowest BCUT2D eigenvalue weighted by molar-refractivity contribution is 0.386. The second-order valence-corrected chi connectivity index (χ2v) is 5.09. The van der Waals surface area contributed by atoms with Gasteiger partial charge in [0.15, 0.2) is 0 Å². The van der Waals surface area contributed by atoms with Crippen LogP contribution in [0.4, 0.5) is 0 Å². The monoisotopic (exact) mass is 285 g/mol. The average Bonchev–Trinajstić information content (AvgIpc) is 2.54. The average molecular weight is 285 g/mol. The lowest BCUT2D eigenvalue weighted by atomic mass is 10.0. The van der Waals surface area contributed by atoms with E-state index in [9.17, 15) is 0 Å². The van der Waals surface area contributed by atoms with Crippen LogP contribution in [0.3, 0.4) is 0 Å². The van der Waals surface area contributed by atoms with Crippen LogP contribution in [0.1, 0.15) is 37.1 Å². The molecular formula is C18H23NO2. The van der Waals surface area contributed by atoms with Gasteiger partial charge in [0.05, 0.1) is 14.2 Å². The highest BCUT2D eigenvalue weighted by Gasteiger charge is 2.16. The van der Waals surface area contributed by atoms with E-state index < -0.39 is 0 Å². The van der Waals surface area contributed by atoms with Crippen molar-refractivity contribution in [2.24, 2.45) is 0 Å². The molecule has 21 heavy (non-hydrogen) atoms. The highest BCUT2D eigenvalue weighted by atomic mass is 16.5. The van der Waals surface area contributed by atoms with Crippen molar-refractivity contribution >= 4 is 0 Å². The first-order chi connectivity index (χ1) is 10.2. The van der Waals surface area contributed by atoms with Gasteiger partial charge in [0.2, 0.25) is 0 Å². The fourth-order valence-electron chi connectivity index (χ4n) is 2.60. The summed E-state index contributed by atoms with van der Waals surface area (Å²) in [6.07, 6.45) is 0. The van der Waals surface area contributed by atoms with E-state index in [1.165, 1.54) is 0 Å². The van der Waals surface area contributed by atoms with Crippen molar-refractivity contribution in [1.29, 1.82) is 0 Å². The summed E-state index contributed by atoms with van der Waals surface area (Å²) in [4.78, 5) is 0. The molecule has 0 aliphatic rings. The van der Waals surface area contributed by atoms with Crippen molar-refractivity contribution < 1.29 is 9.47 Å². The molecule has 0 saturated carbocycles. The van der Waals surface area contributed by atoms with Crippen molar-refractivity contribution in [2.75, 3.05) is 14.2 Å². The van der Waals surface area contributed by atoms with Crippen LogP contribution in [-0.4, -0.2) is 14.2 Å². The third-order valence-electron chi connectivity index (χ3n) is 3.71. The van der Waals surface area contributed by atoms with Gasteiger partial charge in [-0.2, -0.15) is 0 Å². The molecule has 0 radical (unpaired) electrons. The number of para-hydroxylation sites is 2. The minimum atomic E-state index is 0.182. The molecule has 0 heterocycles. The van der Waals surface area contributed by atoms with Crippen molar-refractivity contribution in [2.45, 2.75) is 25.9 Å². The summed E-state index contributed by atoms with van der Waals surface area (Å²) < 4.78 is 10.9. The Kier molecular flexibility index (Phi) is 5.23. The van der Waals surface area contributed by atoms with Gasteiger partial charge in [-0.25, -0.2) is 0 Å². The standard InChI is InChI=1S/C18H23NO2/c1-13(15-9-5-7-11-17(15)20-3)19-14(2)16-10-6-8-12-18(16)21-4/h5-14,19H,1-4H3/t13-,14?/m0/s1. The zero-order valence-corrected chi connectivity index (χ0v) is 13.1. The van der Waals surface area contributed by atoms with Crippen molar-refractivity contribution in [1.82, 2.24) is 5.32 Å². The molecule has 0 bridgehead atoms. The molecule has 0 spiro atoms. The van der Waals surface area contributed by atoms with Crippen LogP contribution >= 0.6 is 0 Å². The third kappa shape index (κ3) is 3.56. The van der Waals surface area contributed by atoms with Gasteiger partial charge in [-0.3, -0.25) is 0 Å². The second-order valence-electron chi connectivity index (χ2n) is 5.09. The van der Waals surface area contributed by atoms with Gasteiger partial charge in [0, 0.05) is 23.2 Å². The van der Waals surface area contributed by atoms with E-state index >= 15 is 0 Å². The van der Waals surface area contributed by atoms with Crippen LogP contribution in [0, 0.1) is 0 Å². The normalized spacial score (nSPS) is 13.5. The van der Waals surface area contributed by atoms with Gasteiger partial charge in [0.25, 0.3) is 0 Å². The van der Waals surface area contributed by atoms with Crippen LogP contribution in [0.25, 0.3) is 0 Å². The number of benzene rings is 2. The van der Waals surface area contributed by atoms with Gasteiger partial charge < -0.3 is 14.8 Å². The van der Waals surface area contributed by atoms with E-state index in [-0.39, 0.29) is 12.1 Å². The first kappa shape index (κ1) is 15.4. The van der Waals surface area contributed by atoms with Gasteiger partial charge >= 0.3 is 0 Å². The Morgan fingerprint density at radius 3 is 1.48 bits per heavy atom. The predicted molar refractivity (Wildman–Crippen MR) is 86.0 cm³/mol. The lowest BCUT2D eigenvalue weighted by Crippen LogP contribution is -2.23. The van der Waals surface area contributed by atoms with Crippen LogP contribution < -0.4 is 14.8 Å². The Morgan fingerprint density at radius 1 is 0.714 bits per heavy atom. The minimum Gasteiger partial charge on any atom is -0.496 e. The van der Waals surface area contributed by atoms with E-state index in [0.717, 1.165) is 22.6 Å². The summed E-state index contributed by atoms with van der Waals surface area (Å²) in [5.41, 5.74) is 2.31. The largest absolute Gasteiger partial charge is 0.496 e. The first-order valence-corrected chi connectivity index (χ1v) is 7.19. The molecule has 0 aromatic heterocycles. The van der Waals surface area contributed by atoms with Gasteiger partial charge in [-0.1, -0.05) is 36.4 Å². The van der Waals surface area contributed by atoms with Gasteiger partial charge in [0.1, 0.15) is 11.5 Å². The van der Waals surface area contributed by atoms with Crippen LogP contribution in [-0.2, 0) is 0 Å². The number of hydrogen-bond donors (Lipinski definition) is 1. The van der Waals surface area contributed by atoms with Gasteiger partial charge in [-0.05, 0) is 26.0 Å². The predicted octanol–water partition coefficient (Wildman–Crippen LogP) is 4.12. The molecule has 2 rings (SSSR count). The summed E-state index contributed by atoms with van der Waals surface area (Å²) >= 11 is 0. The summed E-state index contributed by atoms with van der Waals surface area (Å²) in [7, 11) is 3.41. The van der Waals surface area contributed by atoms with Crippen molar-refractivity contribution in [3.63, 3.8) is 0 Å². The molecule has 2 aromatic carbocycles. The zero-order valence-electron chi connectivity index (χ0n) is 13.1. The van der Waals surface area contributed by atoms with E-state index in [2.05, 4.69) is 31.3 Å². The minimum absolute atomic E-state index is 0.182. The maximum atomic E-state index is 5.43. The molecule has 2 atom stereocenters. The van der Waals surface area contributed by atoms with E-state index in [0.29, 0.717) is 0 Å². The first-order valence-electron chi connectivity index (χ1n) is 7.19. The summed E-state index contributed by atoms with van der Waals surface area (Å²) in [6.45, 7) is 4.29. The topological polar surface area (TPSA) is 30.5 Å². The molecule has 0 aliphatic carbocycles. The molecular weight excluding hydrogens is 262 g/mol. The molecule has 0 aliphatic heterocycles. The lowest BCUT2D eigenvalue weighted by Gasteiger charge is -2.23.